The molecular weight excluding hydrogens is 488 g/mol. The number of nitrogens with zero attached hydrogens (tertiary/aromatic N) is 4. The standard InChI is InChI=1S/C32H36N4O3/c1-33-15-17-34(18-16-33)31(37)26-20-35-13-6-14-36-27-19-22(32(38)39)11-12-24(27)28(21-7-3-2-4-8-21)30(36)25-10-5-9-23(26)29(25)35/h5,9-12,19-21H,2-4,6-8,13-18H2,1H3,(H,38,39). The highest BCUT2D eigenvalue weighted by Crippen LogP contribution is 2.47. The van der Waals surface area contributed by atoms with Gasteiger partial charge in [-0.25, -0.2) is 4.79 Å². The number of aromatic carboxylic acids is 1. The van der Waals surface area contributed by atoms with Crippen molar-refractivity contribution in [2.45, 2.75) is 57.5 Å². The Hall–Kier alpha value is -3.58. The van der Waals surface area contributed by atoms with Crippen molar-refractivity contribution < 1.29 is 14.7 Å². The van der Waals surface area contributed by atoms with Crippen LogP contribution in [0.15, 0.2) is 42.6 Å². The second-order valence-electron chi connectivity index (χ2n) is 11.7. The van der Waals surface area contributed by atoms with Crippen LogP contribution in [0.4, 0.5) is 0 Å². The molecule has 1 N–H and O–H groups in total. The number of piperazine rings is 1. The SMILES string of the molecule is CN1CCN(C(=O)c2cn3c4c(cccc24)-c2c(C4CCCCC4)c4ccc(C(=O)O)cc4n2CCC3)CC1. The molecule has 0 atom stereocenters. The summed E-state index contributed by atoms with van der Waals surface area (Å²) >= 11 is 0. The molecule has 2 aromatic carbocycles. The van der Waals surface area contributed by atoms with Gasteiger partial charge in [0.05, 0.1) is 22.3 Å². The van der Waals surface area contributed by atoms with E-state index in [1.54, 1.807) is 6.07 Å². The Morgan fingerprint density at radius 3 is 2.44 bits per heavy atom. The number of fused-ring (bicyclic) bond motifs is 4. The van der Waals surface area contributed by atoms with E-state index < -0.39 is 5.97 Å². The van der Waals surface area contributed by atoms with Crippen LogP contribution in [0, 0.1) is 0 Å². The monoisotopic (exact) mass is 524 g/mol. The van der Waals surface area contributed by atoms with Gasteiger partial charge in [-0.15, -0.1) is 0 Å². The average molecular weight is 525 g/mol. The summed E-state index contributed by atoms with van der Waals surface area (Å²) in [6.07, 6.45) is 9.08. The number of carboxylic acids is 1. The minimum atomic E-state index is -0.888. The van der Waals surface area contributed by atoms with Gasteiger partial charge in [0.1, 0.15) is 0 Å². The summed E-state index contributed by atoms with van der Waals surface area (Å²) in [7, 11) is 2.11. The second kappa shape index (κ2) is 9.56. The van der Waals surface area contributed by atoms with E-state index in [-0.39, 0.29) is 5.91 Å². The van der Waals surface area contributed by atoms with Gasteiger partial charge in [0.25, 0.3) is 5.91 Å². The third-order valence-corrected chi connectivity index (χ3v) is 9.32. The maximum absolute atomic E-state index is 13.8. The lowest BCUT2D eigenvalue weighted by atomic mass is 9.81. The molecular formula is C32H36N4O3. The number of aryl methyl sites for hydroxylation is 2. The van der Waals surface area contributed by atoms with Crippen LogP contribution in [-0.2, 0) is 13.1 Å². The van der Waals surface area contributed by atoms with E-state index in [2.05, 4.69) is 45.5 Å². The number of aromatic nitrogens is 2. The summed E-state index contributed by atoms with van der Waals surface area (Å²) < 4.78 is 4.70. The Bertz CT molecular complexity index is 1600. The molecule has 1 amide bonds. The number of hydrogen-bond acceptors (Lipinski definition) is 3. The van der Waals surface area contributed by atoms with Gasteiger partial charge >= 0.3 is 5.97 Å². The summed E-state index contributed by atoms with van der Waals surface area (Å²) in [4.78, 5) is 30.0. The number of carbonyl (C=O) groups is 2. The number of carboxylic acid groups (broad SMARTS) is 1. The zero-order valence-corrected chi connectivity index (χ0v) is 22.7. The molecule has 1 saturated carbocycles. The van der Waals surface area contributed by atoms with E-state index in [4.69, 9.17) is 0 Å². The molecule has 1 saturated heterocycles. The third kappa shape index (κ3) is 3.97. The maximum Gasteiger partial charge on any atom is 0.335 e. The third-order valence-electron chi connectivity index (χ3n) is 9.32. The highest BCUT2D eigenvalue weighted by molar-refractivity contribution is 6.11. The van der Waals surface area contributed by atoms with Crippen molar-refractivity contribution >= 4 is 33.7 Å². The van der Waals surface area contributed by atoms with Crippen LogP contribution >= 0.6 is 0 Å². The lowest BCUT2D eigenvalue weighted by Gasteiger charge is -2.32. The van der Waals surface area contributed by atoms with Crippen LogP contribution < -0.4 is 0 Å². The van der Waals surface area contributed by atoms with Gasteiger partial charge in [0.2, 0.25) is 0 Å². The molecule has 7 nitrogen and oxygen atoms in total. The Morgan fingerprint density at radius 2 is 1.67 bits per heavy atom. The summed E-state index contributed by atoms with van der Waals surface area (Å²) in [6, 6.07) is 12.1. The Morgan fingerprint density at radius 1 is 0.872 bits per heavy atom. The first-order valence-corrected chi connectivity index (χ1v) is 14.5. The van der Waals surface area contributed by atoms with Crippen molar-refractivity contribution in [1.82, 2.24) is 18.9 Å². The molecule has 2 aromatic heterocycles. The fourth-order valence-electron chi connectivity index (χ4n) is 7.31. The van der Waals surface area contributed by atoms with Crippen molar-refractivity contribution in [3.63, 3.8) is 0 Å². The summed E-state index contributed by atoms with van der Waals surface area (Å²) in [5.74, 6) is -0.305. The molecule has 2 aliphatic heterocycles. The highest BCUT2D eigenvalue weighted by Gasteiger charge is 2.31. The first-order chi connectivity index (χ1) is 19.0. The number of carbonyl (C=O) groups excluding carboxylic acids is 1. The topological polar surface area (TPSA) is 70.7 Å². The van der Waals surface area contributed by atoms with E-state index in [0.29, 0.717) is 11.5 Å². The summed E-state index contributed by atoms with van der Waals surface area (Å²) in [5.41, 5.74) is 7.05. The van der Waals surface area contributed by atoms with Crippen LogP contribution in [-0.4, -0.2) is 69.1 Å². The Labute approximate surface area is 228 Å². The Kier molecular flexibility index (Phi) is 5.99. The molecule has 3 aliphatic rings. The average Bonchev–Trinajstić information content (AvgIpc) is 3.48. The van der Waals surface area contributed by atoms with Crippen LogP contribution in [0.1, 0.15) is 70.7 Å². The predicted molar refractivity (Wildman–Crippen MR) is 154 cm³/mol. The molecule has 7 rings (SSSR count). The zero-order valence-electron chi connectivity index (χ0n) is 22.7. The quantitative estimate of drug-likeness (QED) is 0.368. The predicted octanol–water partition coefficient (Wildman–Crippen LogP) is 5.80. The zero-order chi connectivity index (χ0) is 26.7. The molecule has 7 heteroatoms. The molecule has 4 heterocycles. The van der Waals surface area contributed by atoms with E-state index in [0.717, 1.165) is 80.5 Å². The summed E-state index contributed by atoms with van der Waals surface area (Å²) in [6.45, 7) is 4.95. The van der Waals surface area contributed by atoms with Gasteiger partial charge in [-0.3, -0.25) is 4.79 Å². The normalized spacial score (nSPS) is 18.7. The van der Waals surface area contributed by atoms with Crippen LogP contribution in [0.3, 0.4) is 0 Å². The van der Waals surface area contributed by atoms with Crippen LogP contribution in [0.5, 0.6) is 0 Å². The molecule has 0 spiro atoms. The van der Waals surface area contributed by atoms with E-state index >= 15 is 0 Å². The maximum atomic E-state index is 13.8. The van der Waals surface area contributed by atoms with Gasteiger partial charge in [0.15, 0.2) is 0 Å². The smallest absolute Gasteiger partial charge is 0.335 e. The molecule has 1 aliphatic carbocycles. The van der Waals surface area contributed by atoms with Gasteiger partial charge in [0, 0.05) is 67.3 Å². The summed E-state index contributed by atoms with van der Waals surface area (Å²) in [5, 5.41) is 12.0. The molecule has 0 bridgehead atoms. The minimum absolute atomic E-state index is 0.127. The second-order valence-corrected chi connectivity index (χ2v) is 11.7. The van der Waals surface area contributed by atoms with Gasteiger partial charge < -0.3 is 24.0 Å². The van der Waals surface area contributed by atoms with E-state index in [9.17, 15) is 14.7 Å². The number of para-hydroxylation sites is 1. The molecule has 2 fully saturated rings. The number of benzene rings is 2. The highest BCUT2D eigenvalue weighted by atomic mass is 16.4. The van der Waals surface area contributed by atoms with Crippen molar-refractivity contribution in [1.29, 1.82) is 0 Å². The largest absolute Gasteiger partial charge is 0.478 e. The first-order valence-electron chi connectivity index (χ1n) is 14.5. The van der Waals surface area contributed by atoms with Gasteiger partial charge in [-0.1, -0.05) is 43.5 Å². The molecule has 0 unspecified atom stereocenters. The lowest BCUT2D eigenvalue weighted by molar-refractivity contribution is 0.0663. The lowest BCUT2D eigenvalue weighted by Crippen LogP contribution is -2.47. The van der Waals surface area contributed by atoms with E-state index in [1.165, 1.54) is 41.5 Å². The van der Waals surface area contributed by atoms with E-state index in [1.807, 2.05) is 17.0 Å². The molecule has 39 heavy (non-hydrogen) atoms. The Balaban J connectivity index is 1.46. The van der Waals surface area contributed by atoms with Crippen LogP contribution in [0.25, 0.3) is 33.1 Å². The fourth-order valence-corrected chi connectivity index (χ4v) is 7.31. The fraction of sp³-hybridized carbons (Fsp3) is 0.438. The van der Waals surface area contributed by atoms with Crippen LogP contribution in [0.2, 0.25) is 0 Å². The molecule has 0 radical (unpaired) electrons. The number of hydrogen-bond donors (Lipinski definition) is 1. The van der Waals surface area contributed by atoms with Gasteiger partial charge in [-0.2, -0.15) is 0 Å². The number of rotatable bonds is 3. The molecule has 4 aromatic rings. The molecule has 202 valence electrons. The van der Waals surface area contributed by atoms with Crippen molar-refractivity contribution in [3.05, 3.63) is 59.3 Å². The van der Waals surface area contributed by atoms with Crippen molar-refractivity contribution in [3.8, 4) is 11.3 Å². The van der Waals surface area contributed by atoms with Gasteiger partial charge in [-0.05, 0) is 49.9 Å². The first kappa shape index (κ1) is 24.5. The number of amides is 1. The minimum Gasteiger partial charge on any atom is -0.478 e. The van der Waals surface area contributed by atoms with Crippen molar-refractivity contribution in [2.75, 3.05) is 33.2 Å². The number of likely N-dealkylation sites (N-methyl/N-ethyl adjacent to an activating group) is 1. The van der Waals surface area contributed by atoms with Crippen molar-refractivity contribution in [2.24, 2.45) is 0 Å².